The molecular formula is C15H26N2O2S. The smallest absolute Gasteiger partial charge is 0.241 e. The highest BCUT2D eigenvalue weighted by Crippen LogP contribution is 2.25. The average molecular weight is 298 g/mol. The molecule has 1 aromatic carbocycles. The van der Waals surface area contributed by atoms with E-state index >= 15 is 0 Å². The Morgan fingerprint density at radius 3 is 2.30 bits per heavy atom. The van der Waals surface area contributed by atoms with E-state index in [-0.39, 0.29) is 6.04 Å². The van der Waals surface area contributed by atoms with E-state index in [1.165, 1.54) is 0 Å². The zero-order valence-electron chi connectivity index (χ0n) is 13.0. The van der Waals surface area contributed by atoms with Gasteiger partial charge in [-0.2, -0.15) is 0 Å². The second-order valence-corrected chi connectivity index (χ2v) is 7.57. The first-order valence-corrected chi connectivity index (χ1v) is 8.51. The van der Waals surface area contributed by atoms with Crippen molar-refractivity contribution in [1.29, 1.82) is 0 Å². The van der Waals surface area contributed by atoms with Gasteiger partial charge in [0.1, 0.15) is 0 Å². The lowest BCUT2D eigenvalue weighted by Gasteiger charge is -2.18. The van der Waals surface area contributed by atoms with E-state index in [0.29, 0.717) is 22.1 Å². The lowest BCUT2D eigenvalue weighted by molar-refractivity contribution is 0.485. The molecule has 0 amide bonds. The molecule has 0 aliphatic rings. The van der Waals surface area contributed by atoms with Crippen LogP contribution in [0.2, 0.25) is 0 Å². The van der Waals surface area contributed by atoms with Gasteiger partial charge >= 0.3 is 0 Å². The molecule has 4 nitrogen and oxygen atoms in total. The van der Waals surface area contributed by atoms with Gasteiger partial charge in [0.15, 0.2) is 0 Å². The third-order valence-corrected chi connectivity index (χ3v) is 5.33. The van der Waals surface area contributed by atoms with Crippen molar-refractivity contribution in [3.8, 4) is 0 Å². The van der Waals surface area contributed by atoms with Crippen molar-refractivity contribution < 1.29 is 8.42 Å². The standard InChI is InChI=1S/C15H26N2O2S/c1-10(2)6-8-12(4)17-20(18,19)15-11(3)7-9-14(16)13(15)5/h7,9-10,12,17H,6,8,16H2,1-5H3. The largest absolute Gasteiger partial charge is 0.398 e. The molecule has 0 aliphatic heterocycles. The number of nitrogens with two attached hydrogens (primary N) is 1. The molecule has 0 spiro atoms. The molecule has 0 saturated heterocycles. The van der Waals surface area contributed by atoms with Crippen molar-refractivity contribution in [3.63, 3.8) is 0 Å². The van der Waals surface area contributed by atoms with Crippen molar-refractivity contribution in [3.05, 3.63) is 23.3 Å². The fourth-order valence-corrected chi connectivity index (χ4v) is 4.00. The molecule has 1 atom stereocenters. The maximum absolute atomic E-state index is 12.5. The number of hydrogen-bond donors (Lipinski definition) is 2. The van der Waals surface area contributed by atoms with Crippen LogP contribution in [0.25, 0.3) is 0 Å². The van der Waals surface area contributed by atoms with Gasteiger partial charge in [0.05, 0.1) is 4.90 Å². The van der Waals surface area contributed by atoms with Gasteiger partial charge in [0.25, 0.3) is 0 Å². The Bertz CT molecular complexity index is 565. The predicted octanol–water partition coefficient (Wildman–Crippen LogP) is 2.99. The van der Waals surface area contributed by atoms with Crippen LogP contribution in [0, 0.1) is 19.8 Å². The van der Waals surface area contributed by atoms with Gasteiger partial charge in [0.2, 0.25) is 10.0 Å². The van der Waals surface area contributed by atoms with Crippen LogP contribution in [0.4, 0.5) is 5.69 Å². The quantitative estimate of drug-likeness (QED) is 0.793. The minimum absolute atomic E-state index is 0.0809. The highest BCUT2D eigenvalue weighted by atomic mass is 32.2. The molecule has 3 N–H and O–H groups in total. The number of aryl methyl sites for hydroxylation is 1. The second kappa shape index (κ2) is 6.59. The summed E-state index contributed by atoms with van der Waals surface area (Å²) >= 11 is 0. The minimum Gasteiger partial charge on any atom is -0.398 e. The van der Waals surface area contributed by atoms with Crippen molar-refractivity contribution in [2.45, 2.75) is 58.4 Å². The van der Waals surface area contributed by atoms with Gasteiger partial charge in [-0.1, -0.05) is 19.9 Å². The zero-order valence-corrected chi connectivity index (χ0v) is 13.8. The maximum Gasteiger partial charge on any atom is 0.241 e. The van der Waals surface area contributed by atoms with Crippen molar-refractivity contribution >= 4 is 15.7 Å². The summed E-state index contributed by atoms with van der Waals surface area (Å²) in [5, 5.41) is 0. The molecule has 1 rings (SSSR count). The first kappa shape index (κ1) is 17.0. The molecule has 0 saturated carbocycles. The van der Waals surface area contributed by atoms with Crippen molar-refractivity contribution in [2.75, 3.05) is 5.73 Å². The van der Waals surface area contributed by atoms with E-state index in [0.717, 1.165) is 18.4 Å². The van der Waals surface area contributed by atoms with E-state index < -0.39 is 10.0 Å². The van der Waals surface area contributed by atoms with Crippen LogP contribution in [0.3, 0.4) is 0 Å². The highest BCUT2D eigenvalue weighted by molar-refractivity contribution is 7.89. The summed E-state index contributed by atoms with van der Waals surface area (Å²) in [6.45, 7) is 9.70. The summed E-state index contributed by atoms with van der Waals surface area (Å²) in [7, 11) is -3.52. The fraction of sp³-hybridized carbons (Fsp3) is 0.600. The molecule has 1 aromatic rings. The van der Waals surface area contributed by atoms with Crippen LogP contribution in [0.15, 0.2) is 17.0 Å². The molecule has 20 heavy (non-hydrogen) atoms. The van der Waals surface area contributed by atoms with Gasteiger partial charge in [-0.15, -0.1) is 0 Å². The number of rotatable bonds is 6. The Balaban J connectivity index is 2.98. The summed E-state index contributed by atoms with van der Waals surface area (Å²) in [5.74, 6) is 0.567. The summed E-state index contributed by atoms with van der Waals surface area (Å²) in [5.41, 5.74) is 7.67. The van der Waals surface area contributed by atoms with Crippen LogP contribution < -0.4 is 10.5 Å². The van der Waals surface area contributed by atoms with Crippen LogP contribution in [-0.2, 0) is 10.0 Å². The third-order valence-electron chi connectivity index (χ3n) is 3.45. The Morgan fingerprint density at radius 1 is 1.15 bits per heavy atom. The van der Waals surface area contributed by atoms with Gasteiger partial charge in [0, 0.05) is 11.7 Å². The van der Waals surface area contributed by atoms with Gasteiger partial charge < -0.3 is 5.73 Å². The first-order valence-electron chi connectivity index (χ1n) is 7.03. The van der Waals surface area contributed by atoms with Crippen molar-refractivity contribution in [1.82, 2.24) is 4.72 Å². The average Bonchev–Trinajstić information content (AvgIpc) is 2.31. The van der Waals surface area contributed by atoms with Crippen molar-refractivity contribution in [2.24, 2.45) is 5.92 Å². The molecule has 0 heterocycles. The number of nitrogen functional groups attached to an aromatic ring is 1. The van der Waals surface area contributed by atoms with Gasteiger partial charge in [-0.3, -0.25) is 0 Å². The molecule has 114 valence electrons. The molecule has 0 bridgehead atoms. The van der Waals surface area contributed by atoms with E-state index in [9.17, 15) is 8.42 Å². The Kier molecular flexibility index (Phi) is 5.59. The van der Waals surface area contributed by atoms with Crippen LogP contribution in [0.5, 0.6) is 0 Å². The number of sulfonamides is 1. The first-order chi connectivity index (χ1) is 9.15. The van der Waals surface area contributed by atoms with Crippen LogP contribution in [-0.4, -0.2) is 14.5 Å². The molecule has 5 heteroatoms. The number of hydrogen-bond acceptors (Lipinski definition) is 3. The molecule has 0 fully saturated rings. The third kappa shape index (κ3) is 4.21. The summed E-state index contributed by atoms with van der Waals surface area (Å²) in [6.07, 6.45) is 1.83. The van der Waals surface area contributed by atoms with Gasteiger partial charge in [-0.05, 0) is 56.7 Å². The van der Waals surface area contributed by atoms with E-state index in [1.807, 2.05) is 6.92 Å². The lowest BCUT2D eigenvalue weighted by Crippen LogP contribution is -2.33. The fourth-order valence-electron chi connectivity index (χ4n) is 2.22. The Morgan fingerprint density at radius 2 is 1.75 bits per heavy atom. The van der Waals surface area contributed by atoms with E-state index in [2.05, 4.69) is 18.6 Å². The molecule has 0 radical (unpaired) electrons. The predicted molar refractivity (Wildman–Crippen MR) is 84.2 cm³/mol. The maximum atomic E-state index is 12.5. The molecule has 1 unspecified atom stereocenters. The van der Waals surface area contributed by atoms with E-state index in [1.54, 1.807) is 26.0 Å². The SMILES string of the molecule is Cc1ccc(N)c(C)c1S(=O)(=O)NC(C)CCC(C)C. The molecule has 0 aromatic heterocycles. The lowest BCUT2D eigenvalue weighted by atomic mass is 10.1. The van der Waals surface area contributed by atoms with E-state index in [4.69, 9.17) is 5.73 Å². The van der Waals surface area contributed by atoms with Crippen LogP contribution in [0.1, 0.15) is 44.7 Å². The summed E-state index contributed by atoms with van der Waals surface area (Å²) in [4.78, 5) is 0.314. The summed E-state index contributed by atoms with van der Waals surface area (Å²) < 4.78 is 27.8. The summed E-state index contributed by atoms with van der Waals surface area (Å²) in [6, 6.07) is 3.41. The zero-order chi connectivity index (χ0) is 15.5. The second-order valence-electron chi connectivity index (χ2n) is 5.92. The highest BCUT2D eigenvalue weighted by Gasteiger charge is 2.22. The molecule has 0 aliphatic carbocycles. The van der Waals surface area contributed by atoms with Crippen LogP contribution >= 0.6 is 0 Å². The Labute approximate surface area is 122 Å². The van der Waals surface area contributed by atoms with Gasteiger partial charge in [-0.25, -0.2) is 13.1 Å². The molecular weight excluding hydrogens is 272 g/mol. The minimum atomic E-state index is -3.52. The number of benzene rings is 1. The topological polar surface area (TPSA) is 72.2 Å². The number of anilines is 1. The Hall–Kier alpha value is -1.07. The monoisotopic (exact) mass is 298 g/mol. The number of nitrogens with one attached hydrogen (secondary N) is 1. The normalized spacial score (nSPS) is 13.7.